The van der Waals surface area contributed by atoms with Crippen LogP contribution < -0.4 is 5.32 Å². The average molecular weight is 314 g/mol. The molecule has 0 saturated heterocycles. The number of halogens is 1. The highest BCUT2D eigenvalue weighted by atomic mass is 79.9. The molecule has 0 aliphatic heterocycles. The number of hydrogen-bond acceptors (Lipinski definition) is 2. The number of nitrogens with one attached hydrogen (secondary N) is 1. The van der Waals surface area contributed by atoms with E-state index in [1.54, 1.807) is 7.11 Å². The SMILES string of the molecule is COCCNCC(CC(C)C)c1ccc(Br)cc1. The van der Waals surface area contributed by atoms with E-state index in [0.29, 0.717) is 11.8 Å². The fourth-order valence-corrected chi connectivity index (χ4v) is 2.36. The molecule has 1 rings (SSSR count). The fraction of sp³-hybridized carbons (Fsp3) is 0.600. The van der Waals surface area contributed by atoms with E-state index >= 15 is 0 Å². The van der Waals surface area contributed by atoms with E-state index < -0.39 is 0 Å². The molecule has 1 N–H and O–H groups in total. The van der Waals surface area contributed by atoms with Gasteiger partial charge in [0.05, 0.1) is 6.61 Å². The van der Waals surface area contributed by atoms with Crippen molar-refractivity contribution in [2.45, 2.75) is 26.2 Å². The molecule has 1 aromatic rings. The van der Waals surface area contributed by atoms with Crippen LogP contribution >= 0.6 is 15.9 Å². The highest BCUT2D eigenvalue weighted by Gasteiger charge is 2.12. The van der Waals surface area contributed by atoms with Gasteiger partial charge in [-0.05, 0) is 36.0 Å². The molecule has 0 aliphatic rings. The smallest absolute Gasteiger partial charge is 0.0587 e. The number of methoxy groups -OCH3 is 1. The van der Waals surface area contributed by atoms with Crippen molar-refractivity contribution in [1.29, 1.82) is 0 Å². The molecule has 0 fully saturated rings. The normalized spacial score (nSPS) is 12.9. The van der Waals surface area contributed by atoms with Gasteiger partial charge in [0.15, 0.2) is 0 Å². The molecule has 0 saturated carbocycles. The second-order valence-electron chi connectivity index (χ2n) is 5.07. The van der Waals surface area contributed by atoms with E-state index in [0.717, 1.165) is 24.2 Å². The van der Waals surface area contributed by atoms with Crippen LogP contribution in [0.2, 0.25) is 0 Å². The molecule has 2 nitrogen and oxygen atoms in total. The van der Waals surface area contributed by atoms with Gasteiger partial charge in [0.1, 0.15) is 0 Å². The van der Waals surface area contributed by atoms with Crippen molar-refractivity contribution in [3.8, 4) is 0 Å². The molecule has 18 heavy (non-hydrogen) atoms. The van der Waals surface area contributed by atoms with Crippen molar-refractivity contribution >= 4 is 15.9 Å². The molecule has 0 heterocycles. The molecule has 1 atom stereocenters. The summed E-state index contributed by atoms with van der Waals surface area (Å²) in [5.74, 6) is 1.29. The minimum atomic E-state index is 0.579. The Morgan fingerprint density at radius 3 is 2.44 bits per heavy atom. The third-order valence-electron chi connectivity index (χ3n) is 2.97. The van der Waals surface area contributed by atoms with Gasteiger partial charge in [-0.2, -0.15) is 0 Å². The zero-order valence-corrected chi connectivity index (χ0v) is 13.2. The predicted molar refractivity (Wildman–Crippen MR) is 81.1 cm³/mol. The van der Waals surface area contributed by atoms with Crippen molar-refractivity contribution in [2.75, 3.05) is 26.8 Å². The van der Waals surface area contributed by atoms with Crippen LogP contribution in [0.3, 0.4) is 0 Å². The van der Waals surface area contributed by atoms with E-state index in [2.05, 4.69) is 59.4 Å². The summed E-state index contributed by atoms with van der Waals surface area (Å²) in [6.07, 6.45) is 1.21. The maximum Gasteiger partial charge on any atom is 0.0587 e. The lowest BCUT2D eigenvalue weighted by atomic mass is 9.90. The fourth-order valence-electron chi connectivity index (χ4n) is 2.09. The van der Waals surface area contributed by atoms with Gasteiger partial charge >= 0.3 is 0 Å². The van der Waals surface area contributed by atoms with Gasteiger partial charge in [-0.3, -0.25) is 0 Å². The molecule has 1 unspecified atom stereocenters. The molecule has 0 amide bonds. The molecule has 1 aromatic carbocycles. The second kappa shape index (κ2) is 8.68. The van der Waals surface area contributed by atoms with Gasteiger partial charge in [0.2, 0.25) is 0 Å². The van der Waals surface area contributed by atoms with Crippen molar-refractivity contribution < 1.29 is 4.74 Å². The average Bonchev–Trinajstić information content (AvgIpc) is 2.34. The van der Waals surface area contributed by atoms with Crippen LogP contribution in [0.4, 0.5) is 0 Å². The third-order valence-corrected chi connectivity index (χ3v) is 3.50. The van der Waals surface area contributed by atoms with Crippen LogP contribution in [0.25, 0.3) is 0 Å². The lowest BCUT2D eigenvalue weighted by Crippen LogP contribution is -2.25. The van der Waals surface area contributed by atoms with Crippen LogP contribution in [-0.2, 0) is 4.74 Å². The van der Waals surface area contributed by atoms with Crippen LogP contribution in [0.15, 0.2) is 28.7 Å². The van der Waals surface area contributed by atoms with Crippen LogP contribution in [0.1, 0.15) is 31.7 Å². The molecule has 0 radical (unpaired) electrons. The van der Waals surface area contributed by atoms with E-state index in [1.807, 2.05) is 0 Å². The Morgan fingerprint density at radius 2 is 1.89 bits per heavy atom. The van der Waals surface area contributed by atoms with Crippen LogP contribution in [-0.4, -0.2) is 26.8 Å². The zero-order valence-electron chi connectivity index (χ0n) is 11.6. The minimum absolute atomic E-state index is 0.579. The Kier molecular flexibility index (Phi) is 7.56. The van der Waals surface area contributed by atoms with Gasteiger partial charge in [0.25, 0.3) is 0 Å². The Labute approximate surface area is 119 Å². The lowest BCUT2D eigenvalue weighted by Gasteiger charge is -2.20. The minimum Gasteiger partial charge on any atom is -0.383 e. The molecule has 0 bridgehead atoms. The Hall–Kier alpha value is -0.380. The first kappa shape index (κ1) is 15.7. The zero-order chi connectivity index (χ0) is 13.4. The summed E-state index contributed by atoms with van der Waals surface area (Å²) >= 11 is 3.49. The van der Waals surface area contributed by atoms with Crippen molar-refractivity contribution in [3.05, 3.63) is 34.3 Å². The topological polar surface area (TPSA) is 21.3 Å². The van der Waals surface area contributed by atoms with Gasteiger partial charge in [-0.1, -0.05) is 41.9 Å². The summed E-state index contributed by atoms with van der Waals surface area (Å²) < 4.78 is 6.20. The first-order valence-electron chi connectivity index (χ1n) is 6.58. The standard InChI is InChI=1S/C15H24BrNO/c1-12(2)10-14(11-17-8-9-18-3)13-4-6-15(16)7-5-13/h4-7,12,14,17H,8-11H2,1-3H3. The van der Waals surface area contributed by atoms with Gasteiger partial charge in [-0.15, -0.1) is 0 Å². The molecule has 102 valence electrons. The Morgan fingerprint density at radius 1 is 1.22 bits per heavy atom. The van der Waals surface area contributed by atoms with Gasteiger partial charge in [0, 0.05) is 24.7 Å². The number of benzene rings is 1. The molecular formula is C15H24BrNO. The highest BCUT2D eigenvalue weighted by Crippen LogP contribution is 2.24. The summed E-state index contributed by atoms with van der Waals surface area (Å²) in [4.78, 5) is 0. The van der Waals surface area contributed by atoms with E-state index in [-0.39, 0.29) is 0 Å². The first-order valence-corrected chi connectivity index (χ1v) is 7.38. The third kappa shape index (κ3) is 5.98. The number of hydrogen-bond donors (Lipinski definition) is 1. The second-order valence-corrected chi connectivity index (χ2v) is 5.99. The van der Waals surface area contributed by atoms with Gasteiger partial charge < -0.3 is 10.1 Å². The quantitative estimate of drug-likeness (QED) is 0.737. The molecular weight excluding hydrogens is 290 g/mol. The largest absolute Gasteiger partial charge is 0.383 e. The predicted octanol–water partition coefficient (Wildman–Crippen LogP) is 3.81. The number of ether oxygens (including phenoxy) is 1. The van der Waals surface area contributed by atoms with E-state index in [9.17, 15) is 0 Å². The maximum absolute atomic E-state index is 5.06. The summed E-state index contributed by atoms with van der Waals surface area (Å²) in [5, 5.41) is 3.47. The van der Waals surface area contributed by atoms with Crippen molar-refractivity contribution in [1.82, 2.24) is 5.32 Å². The van der Waals surface area contributed by atoms with E-state index in [4.69, 9.17) is 4.74 Å². The highest BCUT2D eigenvalue weighted by molar-refractivity contribution is 9.10. The maximum atomic E-state index is 5.06. The Bertz CT molecular complexity index is 324. The van der Waals surface area contributed by atoms with Gasteiger partial charge in [-0.25, -0.2) is 0 Å². The van der Waals surface area contributed by atoms with Crippen molar-refractivity contribution in [2.24, 2.45) is 5.92 Å². The summed E-state index contributed by atoms with van der Waals surface area (Å²) in [6.45, 7) is 7.27. The summed E-state index contributed by atoms with van der Waals surface area (Å²) in [5.41, 5.74) is 1.41. The van der Waals surface area contributed by atoms with Crippen LogP contribution in [0.5, 0.6) is 0 Å². The lowest BCUT2D eigenvalue weighted by molar-refractivity contribution is 0.198. The molecule has 0 aliphatic carbocycles. The summed E-state index contributed by atoms with van der Waals surface area (Å²) in [7, 11) is 1.74. The number of rotatable bonds is 8. The Balaban J connectivity index is 2.57. The molecule has 0 spiro atoms. The molecule has 3 heteroatoms. The van der Waals surface area contributed by atoms with Crippen molar-refractivity contribution in [3.63, 3.8) is 0 Å². The summed E-state index contributed by atoms with van der Waals surface area (Å²) in [6, 6.07) is 8.68. The van der Waals surface area contributed by atoms with E-state index in [1.165, 1.54) is 12.0 Å². The molecule has 0 aromatic heterocycles. The first-order chi connectivity index (χ1) is 8.63. The van der Waals surface area contributed by atoms with Crippen LogP contribution in [0, 0.1) is 5.92 Å². The monoisotopic (exact) mass is 313 g/mol.